The number of hydrogen-bond donors (Lipinski definition) is 2. The van der Waals surface area contributed by atoms with Crippen molar-refractivity contribution in [1.82, 2.24) is 0 Å². The van der Waals surface area contributed by atoms with E-state index < -0.39 is 6.10 Å². The minimum absolute atomic E-state index is 0.134. The number of ether oxygens (including phenoxy) is 2. The lowest BCUT2D eigenvalue weighted by atomic mass is 10.0. The SMILES string of the molecule is COc1cc(C(O)CN)c(OC)c(Br)c1C. The molecule has 4 nitrogen and oxygen atoms in total. The van der Waals surface area contributed by atoms with Crippen LogP contribution in [0, 0.1) is 6.92 Å². The maximum absolute atomic E-state index is 9.80. The highest BCUT2D eigenvalue weighted by Crippen LogP contribution is 2.40. The quantitative estimate of drug-likeness (QED) is 0.887. The van der Waals surface area contributed by atoms with Crippen molar-refractivity contribution in [2.45, 2.75) is 13.0 Å². The highest BCUT2D eigenvalue weighted by Gasteiger charge is 2.19. The van der Waals surface area contributed by atoms with E-state index in [1.54, 1.807) is 20.3 Å². The molecule has 0 saturated carbocycles. The minimum atomic E-state index is -0.763. The van der Waals surface area contributed by atoms with Crippen molar-refractivity contribution in [1.29, 1.82) is 0 Å². The summed E-state index contributed by atoms with van der Waals surface area (Å²) < 4.78 is 11.3. The maximum Gasteiger partial charge on any atom is 0.139 e. The first-order chi connectivity index (χ1) is 7.56. The summed E-state index contributed by atoms with van der Waals surface area (Å²) in [4.78, 5) is 0. The van der Waals surface area contributed by atoms with E-state index in [0.29, 0.717) is 17.1 Å². The first-order valence-electron chi connectivity index (χ1n) is 4.85. The van der Waals surface area contributed by atoms with Crippen LogP contribution in [0.15, 0.2) is 10.5 Å². The van der Waals surface area contributed by atoms with Gasteiger partial charge in [0.25, 0.3) is 0 Å². The monoisotopic (exact) mass is 289 g/mol. The Kier molecular flexibility index (Phi) is 4.58. The predicted octanol–water partition coefficient (Wildman–Crippen LogP) is 1.77. The van der Waals surface area contributed by atoms with Gasteiger partial charge in [0.15, 0.2) is 0 Å². The molecule has 1 aromatic carbocycles. The fourth-order valence-corrected chi connectivity index (χ4v) is 2.10. The summed E-state index contributed by atoms with van der Waals surface area (Å²) in [6.45, 7) is 2.04. The molecule has 0 heterocycles. The Balaban J connectivity index is 3.40. The molecule has 5 heteroatoms. The van der Waals surface area contributed by atoms with E-state index in [4.69, 9.17) is 15.2 Å². The molecule has 0 saturated heterocycles. The number of halogens is 1. The van der Waals surface area contributed by atoms with Crippen molar-refractivity contribution in [3.8, 4) is 11.5 Å². The van der Waals surface area contributed by atoms with Gasteiger partial charge in [-0.3, -0.25) is 0 Å². The molecule has 3 N–H and O–H groups in total. The van der Waals surface area contributed by atoms with Crippen LogP contribution in [0.1, 0.15) is 17.2 Å². The van der Waals surface area contributed by atoms with E-state index in [0.717, 1.165) is 10.0 Å². The van der Waals surface area contributed by atoms with Gasteiger partial charge in [0.05, 0.1) is 24.8 Å². The number of methoxy groups -OCH3 is 2. The maximum atomic E-state index is 9.80. The molecule has 1 rings (SSSR count). The van der Waals surface area contributed by atoms with Gasteiger partial charge in [-0.05, 0) is 28.9 Å². The van der Waals surface area contributed by atoms with Gasteiger partial charge in [0.2, 0.25) is 0 Å². The van der Waals surface area contributed by atoms with E-state index in [2.05, 4.69) is 15.9 Å². The minimum Gasteiger partial charge on any atom is -0.496 e. The third kappa shape index (κ3) is 2.31. The molecule has 0 aliphatic carbocycles. The number of benzene rings is 1. The summed E-state index contributed by atoms with van der Waals surface area (Å²) in [7, 11) is 3.14. The Morgan fingerprint density at radius 3 is 2.50 bits per heavy atom. The molecule has 1 unspecified atom stereocenters. The van der Waals surface area contributed by atoms with Crippen LogP contribution >= 0.6 is 15.9 Å². The van der Waals surface area contributed by atoms with Crippen molar-refractivity contribution in [3.63, 3.8) is 0 Å². The second-order valence-corrected chi connectivity index (χ2v) is 4.18. The van der Waals surface area contributed by atoms with Crippen LogP contribution in [0.2, 0.25) is 0 Å². The molecule has 0 aliphatic heterocycles. The average Bonchev–Trinajstić information content (AvgIpc) is 2.31. The molecule has 0 spiro atoms. The average molecular weight is 290 g/mol. The summed E-state index contributed by atoms with van der Waals surface area (Å²) in [6.07, 6.45) is -0.763. The third-order valence-corrected chi connectivity index (χ3v) is 3.41. The molecule has 0 amide bonds. The fraction of sp³-hybridized carbons (Fsp3) is 0.455. The molecule has 16 heavy (non-hydrogen) atoms. The van der Waals surface area contributed by atoms with Gasteiger partial charge in [-0.25, -0.2) is 0 Å². The van der Waals surface area contributed by atoms with Crippen LogP contribution < -0.4 is 15.2 Å². The zero-order valence-electron chi connectivity index (χ0n) is 9.58. The molecule has 0 fully saturated rings. The van der Waals surface area contributed by atoms with Gasteiger partial charge in [-0.15, -0.1) is 0 Å². The molecule has 0 aliphatic rings. The molecule has 0 radical (unpaired) electrons. The lowest BCUT2D eigenvalue weighted by Gasteiger charge is -2.18. The molecular formula is C11H16BrNO3. The van der Waals surface area contributed by atoms with Crippen LogP contribution in [-0.2, 0) is 0 Å². The van der Waals surface area contributed by atoms with E-state index in [-0.39, 0.29) is 6.54 Å². The number of nitrogens with two attached hydrogens (primary N) is 1. The number of aliphatic hydroxyl groups excluding tert-OH is 1. The van der Waals surface area contributed by atoms with Crippen molar-refractivity contribution < 1.29 is 14.6 Å². The first-order valence-corrected chi connectivity index (χ1v) is 5.65. The second-order valence-electron chi connectivity index (χ2n) is 3.39. The molecule has 1 aromatic rings. The second kappa shape index (κ2) is 5.52. The number of hydrogen-bond acceptors (Lipinski definition) is 4. The summed E-state index contributed by atoms with van der Waals surface area (Å²) >= 11 is 3.42. The Morgan fingerprint density at radius 2 is 2.06 bits per heavy atom. The zero-order valence-corrected chi connectivity index (χ0v) is 11.2. The molecule has 90 valence electrons. The van der Waals surface area contributed by atoms with Crippen LogP contribution in [0.25, 0.3) is 0 Å². The summed E-state index contributed by atoms with van der Waals surface area (Å²) in [5, 5.41) is 9.80. The van der Waals surface area contributed by atoms with Crippen molar-refractivity contribution in [3.05, 3.63) is 21.7 Å². The first kappa shape index (κ1) is 13.3. The predicted molar refractivity (Wildman–Crippen MR) is 66.0 cm³/mol. The van der Waals surface area contributed by atoms with Gasteiger partial charge in [-0.2, -0.15) is 0 Å². The number of aliphatic hydroxyl groups is 1. The smallest absolute Gasteiger partial charge is 0.139 e. The summed E-state index contributed by atoms with van der Waals surface area (Å²) in [6, 6.07) is 1.75. The molecule has 0 bridgehead atoms. The largest absolute Gasteiger partial charge is 0.496 e. The Morgan fingerprint density at radius 1 is 1.44 bits per heavy atom. The Hall–Kier alpha value is -0.780. The van der Waals surface area contributed by atoms with Gasteiger partial charge < -0.3 is 20.3 Å². The zero-order chi connectivity index (χ0) is 12.3. The Labute approximate surface area is 103 Å². The van der Waals surface area contributed by atoms with E-state index in [1.807, 2.05) is 6.92 Å². The third-order valence-electron chi connectivity index (χ3n) is 2.45. The summed E-state index contributed by atoms with van der Waals surface area (Å²) in [5.41, 5.74) is 6.99. The van der Waals surface area contributed by atoms with E-state index in [1.165, 1.54) is 0 Å². The standard InChI is InChI=1S/C11H16BrNO3/c1-6-9(15-2)4-7(8(14)5-13)11(16-3)10(6)12/h4,8,14H,5,13H2,1-3H3. The fourth-order valence-electron chi connectivity index (χ4n) is 1.51. The Bertz CT molecular complexity index is 382. The van der Waals surface area contributed by atoms with Gasteiger partial charge in [0, 0.05) is 17.7 Å². The topological polar surface area (TPSA) is 64.7 Å². The summed E-state index contributed by atoms with van der Waals surface area (Å²) in [5.74, 6) is 1.28. The van der Waals surface area contributed by atoms with Crippen LogP contribution in [0.4, 0.5) is 0 Å². The van der Waals surface area contributed by atoms with Crippen LogP contribution in [0.3, 0.4) is 0 Å². The highest BCUT2D eigenvalue weighted by atomic mass is 79.9. The van der Waals surface area contributed by atoms with Gasteiger partial charge in [0.1, 0.15) is 11.5 Å². The van der Waals surface area contributed by atoms with E-state index in [9.17, 15) is 5.11 Å². The van der Waals surface area contributed by atoms with Gasteiger partial charge >= 0.3 is 0 Å². The van der Waals surface area contributed by atoms with E-state index >= 15 is 0 Å². The molecule has 1 atom stereocenters. The lowest BCUT2D eigenvalue weighted by Crippen LogP contribution is -2.13. The molecular weight excluding hydrogens is 274 g/mol. The lowest BCUT2D eigenvalue weighted by molar-refractivity contribution is 0.181. The van der Waals surface area contributed by atoms with Crippen LogP contribution in [0.5, 0.6) is 11.5 Å². The van der Waals surface area contributed by atoms with Crippen molar-refractivity contribution in [2.75, 3.05) is 20.8 Å². The number of rotatable bonds is 4. The van der Waals surface area contributed by atoms with Crippen LogP contribution in [-0.4, -0.2) is 25.9 Å². The van der Waals surface area contributed by atoms with Crippen molar-refractivity contribution >= 4 is 15.9 Å². The molecule has 0 aromatic heterocycles. The highest BCUT2D eigenvalue weighted by molar-refractivity contribution is 9.10. The van der Waals surface area contributed by atoms with Gasteiger partial charge in [-0.1, -0.05) is 0 Å². The van der Waals surface area contributed by atoms with Crippen molar-refractivity contribution in [2.24, 2.45) is 5.73 Å². The normalized spacial score (nSPS) is 12.4.